The predicted molar refractivity (Wildman–Crippen MR) is 104 cm³/mol. The molecule has 1 aliphatic rings. The van der Waals surface area contributed by atoms with Crippen molar-refractivity contribution in [1.82, 2.24) is 14.3 Å². The van der Waals surface area contributed by atoms with E-state index in [2.05, 4.69) is 70.3 Å². The van der Waals surface area contributed by atoms with Crippen molar-refractivity contribution in [2.24, 2.45) is 0 Å². The molecule has 1 fully saturated rings. The summed E-state index contributed by atoms with van der Waals surface area (Å²) < 4.78 is 2.09. The first-order valence-corrected chi connectivity index (χ1v) is 9.30. The molecular formula is C21H26N4. The summed E-state index contributed by atoms with van der Waals surface area (Å²) >= 11 is 0. The molecule has 130 valence electrons. The number of nitrogens with zero attached hydrogens (tertiary/aromatic N) is 3. The van der Waals surface area contributed by atoms with Crippen LogP contribution in [0.3, 0.4) is 0 Å². The molecule has 0 unspecified atom stereocenters. The van der Waals surface area contributed by atoms with Crippen LogP contribution in [0.2, 0.25) is 0 Å². The number of nitrogens with one attached hydrogen (secondary N) is 1. The molecule has 0 aliphatic carbocycles. The van der Waals surface area contributed by atoms with Gasteiger partial charge < -0.3 is 14.6 Å². The molecule has 4 nitrogen and oxygen atoms in total. The molecule has 0 bridgehead atoms. The maximum Gasteiger partial charge on any atom is 0.140 e. The van der Waals surface area contributed by atoms with Crippen LogP contribution in [-0.2, 0) is 0 Å². The van der Waals surface area contributed by atoms with Gasteiger partial charge in [0, 0.05) is 30.2 Å². The minimum atomic E-state index is 1.02. The number of hydrogen-bond donors (Lipinski definition) is 1. The number of fused-ring (bicyclic) bond motifs is 1. The largest absolute Gasteiger partial charge is 0.385 e. The smallest absolute Gasteiger partial charge is 0.140 e. The Balaban J connectivity index is 1.36. The fourth-order valence-electron chi connectivity index (χ4n) is 3.59. The van der Waals surface area contributed by atoms with Crippen molar-refractivity contribution in [2.75, 3.05) is 31.5 Å². The lowest BCUT2D eigenvalue weighted by molar-refractivity contribution is 0.337. The average Bonchev–Trinajstić information content (AvgIpc) is 3.29. The highest BCUT2D eigenvalue weighted by atomic mass is 15.1. The Hall–Kier alpha value is -2.33. The van der Waals surface area contributed by atoms with Crippen molar-refractivity contribution in [3.05, 3.63) is 54.4 Å². The molecule has 2 aromatic heterocycles. The van der Waals surface area contributed by atoms with Crippen LogP contribution in [-0.4, -0.2) is 40.5 Å². The zero-order chi connectivity index (χ0) is 17.1. The molecule has 0 spiro atoms. The monoisotopic (exact) mass is 334 g/mol. The Labute approximate surface area is 149 Å². The predicted octanol–water partition coefficient (Wildman–Crippen LogP) is 4.21. The van der Waals surface area contributed by atoms with Gasteiger partial charge >= 0.3 is 0 Å². The first-order chi connectivity index (χ1) is 12.3. The molecule has 1 aliphatic heterocycles. The molecule has 25 heavy (non-hydrogen) atoms. The molecule has 0 saturated carbocycles. The van der Waals surface area contributed by atoms with E-state index in [0.717, 1.165) is 23.4 Å². The van der Waals surface area contributed by atoms with Crippen LogP contribution in [0.25, 0.3) is 16.9 Å². The van der Waals surface area contributed by atoms with Gasteiger partial charge in [-0.05, 0) is 69.6 Å². The molecule has 4 rings (SSSR count). The second kappa shape index (κ2) is 7.28. The number of likely N-dealkylation sites (tertiary alicyclic amines) is 1. The third-order valence-electron chi connectivity index (χ3n) is 5.04. The van der Waals surface area contributed by atoms with Crippen molar-refractivity contribution in [1.29, 1.82) is 0 Å². The van der Waals surface area contributed by atoms with Crippen LogP contribution in [0.15, 0.2) is 48.8 Å². The van der Waals surface area contributed by atoms with Gasteiger partial charge in [0.1, 0.15) is 5.65 Å². The Morgan fingerprint density at radius 3 is 2.64 bits per heavy atom. The van der Waals surface area contributed by atoms with E-state index >= 15 is 0 Å². The van der Waals surface area contributed by atoms with E-state index in [-0.39, 0.29) is 0 Å². The topological polar surface area (TPSA) is 32.6 Å². The lowest BCUT2D eigenvalue weighted by Gasteiger charge is -2.14. The molecule has 1 aromatic carbocycles. The van der Waals surface area contributed by atoms with Crippen LogP contribution in [0.5, 0.6) is 0 Å². The van der Waals surface area contributed by atoms with E-state index in [1.807, 2.05) is 0 Å². The second-order valence-corrected chi connectivity index (χ2v) is 6.95. The highest BCUT2D eigenvalue weighted by molar-refractivity contribution is 5.66. The third-order valence-corrected chi connectivity index (χ3v) is 5.04. The fourth-order valence-corrected chi connectivity index (χ4v) is 3.59. The number of hydrogen-bond acceptors (Lipinski definition) is 3. The van der Waals surface area contributed by atoms with Crippen LogP contribution in [0, 0.1) is 6.92 Å². The Morgan fingerprint density at radius 1 is 1.08 bits per heavy atom. The molecule has 3 aromatic rings. The van der Waals surface area contributed by atoms with Gasteiger partial charge in [-0.25, -0.2) is 4.98 Å². The molecular weight excluding hydrogens is 308 g/mol. The number of anilines is 1. The van der Waals surface area contributed by atoms with Gasteiger partial charge in [0.2, 0.25) is 0 Å². The number of pyridine rings is 1. The van der Waals surface area contributed by atoms with Gasteiger partial charge in [0.25, 0.3) is 0 Å². The maximum atomic E-state index is 4.77. The van der Waals surface area contributed by atoms with Crippen molar-refractivity contribution in [3.8, 4) is 11.3 Å². The van der Waals surface area contributed by atoms with E-state index < -0.39 is 0 Å². The Morgan fingerprint density at radius 2 is 1.88 bits per heavy atom. The first kappa shape index (κ1) is 16.2. The normalized spacial score (nSPS) is 15.1. The van der Waals surface area contributed by atoms with E-state index in [1.165, 1.54) is 50.1 Å². The number of rotatable bonds is 6. The molecule has 0 atom stereocenters. The molecule has 4 heteroatoms. The minimum absolute atomic E-state index is 1.02. The molecule has 0 radical (unpaired) electrons. The quantitative estimate of drug-likeness (QED) is 0.686. The fraction of sp³-hybridized carbons (Fsp3) is 0.381. The summed E-state index contributed by atoms with van der Waals surface area (Å²) in [7, 11) is 0. The molecule has 3 heterocycles. The van der Waals surface area contributed by atoms with Gasteiger partial charge in [-0.15, -0.1) is 0 Å². The number of imidazole rings is 1. The van der Waals surface area contributed by atoms with Crippen molar-refractivity contribution < 1.29 is 0 Å². The summed E-state index contributed by atoms with van der Waals surface area (Å²) in [5.41, 5.74) is 5.59. The minimum Gasteiger partial charge on any atom is -0.385 e. The number of aryl methyl sites for hydroxylation is 1. The van der Waals surface area contributed by atoms with Gasteiger partial charge in [0.15, 0.2) is 0 Å². The SMILES string of the molecule is Cc1cccn2cc(-c3ccc(NCCCN4CCCC4)cc3)nc12. The van der Waals surface area contributed by atoms with E-state index in [4.69, 9.17) is 4.98 Å². The van der Waals surface area contributed by atoms with E-state index in [9.17, 15) is 0 Å². The van der Waals surface area contributed by atoms with Crippen LogP contribution < -0.4 is 5.32 Å². The zero-order valence-corrected chi connectivity index (χ0v) is 14.9. The maximum absolute atomic E-state index is 4.77. The first-order valence-electron chi connectivity index (χ1n) is 9.30. The summed E-state index contributed by atoms with van der Waals surface area (Å²) in [6.45, 7) is 6.91. The summed E-state index contributed by atoms with van der Waals surface area (Å²) in [4.78, 5) is 7.33. The molecule has 1 N–H and O–H groups in total. The summed E-state index contributed by atoms with van der Waals surface area (Å²) in [5, 5.41) is 3.53. The van der Waals surface area contributed by atoms with Gasteiger partial charge in [-0.3, -0.25) is 0 Å². The Bertz CT molecular complexity index is 829. The van der Waals surface area contributed by atoms with E-state index in [0.29, 0.717) is 0 Å². The average molecular weight is 334 g/mol. The summed E-state index contributed by atoms with van der Waals surface area (Å²) in [5.74, 6) is 0. The zero-order valence-electron chi connectivity index (χ0n) is 14.9. The van der Waals surface area contributed by atoms with Gasteiger partial charge in [-0.2, -0.15) is 0 Å². The Kier molecular flexibility index (Phi) is 4.70. The van der Waals surface area contributed by atoms with Crippen molar-refractivity contribution >= 4 is 11.3 Å². The van der Waals surface area contributed by atoms with Gasteiger partial charge in [-0.1, -0.05) is 18.2 Å². The van der Waals surface area contributed by atoms with Crippen molar-refractivity contribution in [3.63, 3.8) is 0 Å². The second-order valence-electron chi connectivity index (χ2n) is 6.95. The van der Waals surface area contributed by atoms with Crippen molar-refractivity contribution in [2.45, 2.75) is 26.2 Å². The number of aromatic nitrogens is 2. The number of benzene rings is 1. The molecule has 0 amide bonds. The van der Waals surface area contributed by atoms with Crippen LogP contribution in [0.1, 0.15) is 24.8 Å². The third kappa shape index (κ3) is 3.69. The summed E-state index contributed by atoms with van der Waals surface area (Å²) in [6, 6.07) is 12.8. The highest BCUT2D eigenvalue weighted by Crippen LogP contribution is 2.22. The standard InChI is InChI=1S/C21H26N4/c1-17-6-4-15-25-16-20(23-21(17)25)18-7-9-19(10-8-18)22-11-5-14-24-12-2-3-13-24/h4,6-10,15-16,22H,2-3,5,11-14H2,1H3. The van der Waals surface area contributed by atoms with E-state index in [1.54, 1.807) is 0 Å². The summed E-state index contributed by atoms with van der Waals surface area (Å²) in [6.07, 6.45) is 8.10. The molecule has 1 saturated heterocycles. The lowest BCUT2D eigenvalue weighted by Crippen LogP contribution is -2.22. The van der Waals surface area contributed by atoms with Crippen LogP contribution in [0.4, 0.5) is 5.69 Å². The highest BCUT2D eigenvalue weighted by Gasteiger charge is 2.10. The lowest BCUT2D eigenvalue weighted by atomic mass is 10.1. The van der Waals surface area contributed by atoms with Crippen LogP contribution >= 0.6 is 0 Å². The van der Waals surface area contributed by atoms with Gasteiger partial charge in [0.05, 0.1) is 5.69 Å².